The van der Waals surface area contributed by atoms with E-state index in [-0.39, 0.29) is 24.9 Å². The first-order valence-corrected chi connectivity index (χ1v) is 8.73. The first-order chi connectivity index (χ1) is 12.6. The molecule has 0 aliphatic heterocycles. The van der Waals surface area contributed by atoms with Crippen LogP contribution in [0.3, 0.4) is 0 Å². The number of hydrogen-bond acceptors (Lipinski definition) is 4. The van der Waals surface area contributed by atoms with Gasteiger partial charge in [0.1, 0.15) is 0 Å². The number of ether oxygens (including phenoxy) is 1. The van der Waals surface area contributed by atoms with Crippen LogP contribution in [0.1, 0.15) is 53.2 Å². The van der Waals surface area contributed by atoms with Gasteiger partial charge in [-0.05, 0) is 29.5 Å². The second-order valence-corrected chi connectivity index (χ2v) is 6.10. The Balaban J connectivity index is 2.13. The standard InChI is InChI=1S/C21H25NO4/c1-3-15(17-11-7-8-12-18(17)21(25)26-2)13-20(24)22-19(14-23)16-9-5-4-6-10-16/h4-12,15,19,23H,3,13-14H2,1-2H3,(H,22,24)/t15-,19-/m1/s1. The van der Waals surface area contributed by atoms with E-state index < -0.39 is 12.0 Å². The average Bonchev–Trinajstić information content (AvgIpc) is 2.70. The van der Waals surface area contributed by atoms with E-state index in [1.165, 1.54) is 7.11 Å². The van der Waals surface area contributed by atoms with E-state index in [2.05, 4.69) is 5.32 Å². The van der Waals surface area contributed by atoms with Crippen molar-refractivity contribution in [2.75, 3.05) is 13.7 Å². The van der Waals surface area contributed by atoms with Crippen molar-refractivity contribution < 1.29 is 19.4 Å². The summed E-state index contributed by atoms with van der Waals surface area (Å²) in [4.78, 5) is 24.5. The lowest BCUT2D eigenvalue weighted by Gasteiger charge is -2.21. The Morgan fingerprint density at radius 1 is 1.08 bits per heavy atom. The topological polar surface area (TPSA) is 75.6 Å². The normalized spacial score (nSPS) is 12.9. The second-order valence-electron chi connectivity index (χ2n) is 6.10. The lowest BCUT2D eigenvalue weighted by molar-refractivity contribution is -0.122. The molecule has 2 aromatic rings. The Kier molecular flexibility index (Phi) is 7.36. The van der Waals surface area contributed by atoms with Gasteiger partial charge in [0.25, 0.3) is 0 Å². The number of esters is 1. The highest BCUT2D eigenvalue weighted by Gasteiger charge is 2.22. The Hall–Kier alpha value is -2.66. The molecule has 2 rings (SSSR count). The average molecular weight is 355 g/mol. The van der Waals surface area contributed by atoms with E-state index in [0.29, 0.717) is 12.0 Å². The second kappa shape index (κ2) is 9.73. The number of hydrogen-bond donors (Lipinski definition) is 2. The van der Waals surface area contributed by atoms with E-state index in [1.54, 1.807) is 12.1 Å². The Morgan fingerprint density at radius 3 is 2.35 bits per heavy atom. The molecular formula is C21H25NO4. The molecule has 0 fully saturated rings. The maximum Gasteiger partial charge on any atom is 0.338 e. The molecule has 0 radical (unpaired) electrons. The van der Waals surface area contributed by atoms with Crippen molar-refractivity contribution >= 4 is 11.9 Å². The molecule has 1 amide bonds. The van der Waals surface area contributed by atoms with Gasteiger partial charge < -0.3 is 15.2 Å². The Bertz CT molecular complexity index is 730. The van der Waals surface area contributed by atoms with Crippen LogP contribution in [-0.4, -0.2) is 30.7 Å². The highest BCUT2D eigenvalue weighted by atomic mass is 16.5. The minimum Gasteiger partial charge on any atom is -0.465 e. The van der Waals surface area contributed by atoms with Crippen LogP contribution in [0.5, 0.6) is 0 Å². The van der Waals surface area contributed by atoms with Gasteiger partial charge >= 0.3 is 5.97 Å². The summed E-state index contributed by atoms with van der Waals surface area (Å²) in [5.74, 6) is -0.684. The molecule has 0 bridgehead atoms. The molecule has 0 saturated carbocycles. The Morgan fingerprint density at radius 2 is 1.73 bits per heavy atom. The predicted octanol–water partition coefficient (Wildman–Crippen LogP) is 3.21. The number of aliphatic hydroxyl groups excluding tert-OH is 1. The Labute approximate surface area is 154 Å². The smallest absolute Gasteiger partial charge is 0.338 e. The molecule has 138 valence electrons. The number of carbonyl (C=O) groups excluding carboxylic acids is 2. The van der Waals surface area contributed by atoms with Crippen LogP contribution in [-0.2, 0) is 9.53 Å². The molecule has 2 atom stereocenters. The first-order valence-electron chi connectivity index (χ1n) is 8.73. The molecule has 0 aliphatic carbocycles. The summed E-state index contributed by atoms with van der Waals surface area (Å²) in [5, 5.41) is 12.5. The van der Waals surface area contributed by atoms with Crippen molar-refractivity contribution in [1.29, 1.82) is 0 Å². The molecule has 2 N–H and O–H groups in total. The number of methoxy groups -OCH3 is 1. The largest absolute Gasteiger partial charge is 0.465 e. The van der Waals surface area contributed by atoms with Crippen LogP contribution < -0.4 is 5.32 Å². The van der Waals surface area contributed by atoms with Gasteiger partial charge in [-0.15, -0.1) is 0 Å². The van der Waals surface area contributed by atoms with Crippen LogP contribution in [0.15, 0.2) is 54.6 Å². The molecule has 5 nitrogen and oxygen atoms in total. The number of aliphatic hydroxyl groups is 1. The fraction of sp³-hybridized carbons (Fsp3) is 0.333. The monoisotopic (exact) mass is 355 g/mol. The zero-order valence-electron chi connectivity index (χ0n) is 15.1. The summed E-state index contributed by atoms with van der Waals surface area (Å²) >= 11 is 0. The summed E-state index contributed by atoms with van der Waals surface area (Å²) in [6, 6.07) is 16.1. The summed E-state index contributed by atoms with van der Waals surface area (Å²) in [7, 11) is 1.35. The van der Waals surface area contributed by atoms with Gasteiger partial charge in [0.05, 0.1) is 25.3 Å². The molecule has 5 heteroatoms. The SMILES string of the molecule is CC[C@H](CC(=O)N[C@H](CO)c1ccccc1)c1ccccc1C(=O)OC. The van der Waals surface area contributed by atoms with Crippen LogP contribution in [0, 0.1) is 0 Å². The van der Waals surface area contributed by atoms with Gasteiger partial charge in [-0.2, -0.15) is 0 Å². The predicted molar refractivity (Wildman–Crippen MR) is 99.8 cm³/mol. The van der Waals surface area contributed by atoms with E-state index >= 15 is 0 Å². The third kappa shape index (κ3) is 4.92. The van der Waals surface area contributed by atoms with E-state index in [9.17, 15) is 14.7 Å². The van der Waals surface area contributed by atoms with Gasteiger partial charge in [0, 0.05) is 6.42 Å². The van der Waals surface area contributed by atoms with Gasteiger partial charge in [0.15, 0.2) is 0 Å². The molecule has 0 heterocycles. The molecule has 0 aliphatic rings. The number of nitrogens with one attached hydrogen (secondary N) is 1. The van der Waals surface area contributed by atoms with Crippen LogP contribution in [0.2, 0.25) is 0 Å². The van der Waals surface area contributed by atoms with Crippen molar-refractivity contribution in [2.24, 2.45) is 0 Å². The highest BCUT2D eigenvalue weighted by molar-refractivity contribution is 5.91. The quantitative estimate of drug-likeness (QED) is 0.713. The van der Waals surface area contributed by atoms with Crippen molar-refractivity contribution in [3.8, 4) is 0 Å². The van der Waals surface area contributed by atoms with Crippen LogP contribution >= 0.6 is 0 Å². The zero-order valence-corrected chi connectivity index (χ0v) is 15.1. The van der Waals surface area contributed by atoms with Crippen molar-refractivity contribution in [3.63, 3.8) is 0 Å². The number of amides is 1. The number of carbonyl (C=O) groups is 2. The van der Waals surface area contributed by atoms with Gasteiger partial charge in [-0.3, -0.25) is 4.79 Å². The zero-order chi connectivity index (χ0) is 18.9. The maximum atomic E-state index is 12.5. The fourth-order valence-electron chi connectivity index (χ4n) is 3.02. The fourth-order valence-corrected chi connectivity index (χ4v) is 3.02. The third-order valence-corrected chi connectivity index (χ3v) is 4.45. The summed E-state index contributed by atoms with van der Waals surface area (Å²) < 4.78 is 4.84. The van der Waals surface area contributed by atoms with Crippen molar-refractivity contribution in [3.05, 3.63) is 71.3 Å². The number of benzene rings is 2. The van der Waals surface area contributed by atoms with Gasteiger partial charge in [0.2, 0.25) is 5.91 Å². The summed E-state index contributed by atoms with van der Waals surface area (Å²) in [6.45, 7) is 1.80. The molecule has 0 saturated heterocycles. The first kappa shape index (κ1) is 19.7. The van der Waals surface area contributed by atoms with Gasteiger partial charge in [-0.25, -0.2) is 4.79 Å². The molecule has 0 spiro atoms. The molecule has 0 aromatic heterocycles. The van der Waals surface area contributed by atoms with Crippen LogP contribution in [0.25, 0.3) is 0 Å². The van der Waals surface area contributed by atoms with E-state index in [1.807, 2.05) is 49.4 Å². The minimum absolute atomic E-state index is 0.111. The lowest BCUT2D eigenvalue weighted by atomic mass is 9.89. The maximum absolute atomic E-state index is 12.5. The number of rotatable bonds is 8. The summed E-state index contributed by atoms with van der Waals surface area (Å²) in [6.07, 6.45) is 0.935. The van der Waals surface area contributed by atoms with E-state index in [4.69, 9.17) is 4.74 Å². The van der Waals surface area contributed by atoms with Crippen molar-refractivity contribution in [2.45, 2.75) is 31.7 Å². The molecular weight excluding hydrogens is 330 g/mol. The van der Waals surface area contributed by atoms with Crippen LogP contribution in [0.4, 0.5) is 0 Å². The molecule has 26 heavy (non-hydrogen) atoms. The minimum atomic E-state index is -0.447. The third-order valence-electron chi connectivity index (χ3n) is 4.45. The molecule has 0 unspecified atom stereocenters. The van der Waals surface area contributed by atoms with Gasteiger partial charge in [-0.1, -0.05) is 55.5 Å². The van der Waals surface area contributed by atoms with Crippen molar-refractivity contribution in [1.82, 2.24) is 5.32 Å². The molecule has 2 aromatic carbocycles. The van der Waals surface area contributed by atoms with E-state index in [0.717, 1.165) is 11.1 Å². The highest BCUT2D eigenvalue weighted by Crippen LogP contribution is 2.27. The summed E-state index contributed by atoms with van der Waals surface area (Å²) in [5.41, 5.74) is 2.14. The lowest BCUT2D eigenvalue weighted by Crippen LogP contribution is -2.31.